The van der Waals surface area contributed by atoms with Gasteiger partial charge in [0.1, 0.15) is 17.7 Å². The zero-order valence-corrected chi connectivity index (χ0v) is 18.6. The van der Waals surface area contributed by atoms with Gasteiger partial charge in [0.15, 0.2) is 0 Å². The normalized spacial score (nSPS) is 27.1. The number of halogens is 2. The second kappa shape index (κ2) is 8.35. The number of aromatic nitrogens is 2. The van der Waals surface area contributed by atoms with Crippen molar-refractivity contribution in [3.8, 4) is 0 Å². The van der Waals surface area contributed by atoms with E-state index in [0.717, 1.165) is 12.8 Å². The summed E-state index contributed by atoms with van der Waals surface area (Å²) in [5, 5.41) is 16.3. The maximum Gasteiger partial charge on any atom is 0.318 e. The summed E-state index contributed by atoms with van der Waals surface area (Å²) < 4.78 is 15.7. The fourth-order valence-electron chi connectivity index (χ4n) is 5.29. The Hall–Kier alpha value is -3.11. The highest BCUT2D eigenvalue weighted by molar-refractivity contribution is 6.31. The van der Waals surface area contributed by atoms with E-state index in [1.54, 1.807) is 34.4 Å². The smallest absolute Gasteiger partial charge is 0.318 e. The van der Waals surface area contributed by atoms with E-state index in [9.17, 15) is 14.3 Å². The van der Waals surface area contributed by atoms with E-state index in [-0.39, 0.29) is 18.4 Å². The number of benzene rings is 1. The number of hydrogen-bond acceptors (Lipinski definition) is 6. The fourth-order valence-corrected chi connectivity index (χ4v) is 5.54. The number of hydrogen-bond donors (Lipinski definition) is 2. The van der Waals surface area contributed by atoms with Crippen LogP contribution in [0.2, 0.25) is 5.02 Å². The Morgan fingerprint density at radius 3 is 2.88 bits per heavy atom. The summed E-state index contributed by atoms with van der Waals surface area (Å²) in [4.78, 5) is 22.0. The van der Waals surface area contributed by atoms with Crippen molar-refractivity contribution in [3.05, 3.63) is 59.1 Å². The number of nitrogens with zero attached hydrogens (tertiary/aromatic N) is 6. The van der Waals surface area contributed by atoms with Crippen LogP contribution in [0.4, 0.5) is 15.0 Å². The molecule has 3 N–H and O–H groups in total. The molecule has 5 rings (SSSR count). The molecule has 1 aromatic heterocycles. The van der Waals surface area contributed by atoms with Gasteiger partial charge in [-0.15, -0.1) is 0 Å². The van der Waals surface area contributed by atoms with Crippen molar-refractivity contribution in [1.29, 1.82) is 0 Å². The molecule has 3 atom stereocenters. The van der Waals surface area contributed by atoms with Crippen LogP contribution in [0.3, 0.4) is 0 Å². The lowest BCUT2D eigenvalue weighted by atomic mass is 10.0. The van der Waals surface area contributed by atoms with E-state index in [1.807, 2.05) is 12.1 Å². The van der Waals surface area contributed by atoms with Crippen LogP contribution in [0.1, 0.15) is 30.9 Å². The van der Waals surface area contributed by atoms with Gasteiger partial charge in [0.05, 0.1) is 18.6 Å². The molecule has 2 aromatic rings. The molecular formula is C22H25ClFN7O2. The number of rotatable bonds is 4. The Balaban J connectivity index is 1.64. The molecule has 11 heteroatoms. The number of aliphatic imine (C=N–C) groups is 1. The third-order valence-electron chi connectivity index (χ3n) is 6.66. The highest BCUT2D eigenvalue weighted by atomic mass is 35.5. The van der Waals surface area contributed by atoms with Gasteiger partial charge in [-0.05, 0) is 49.1 Å². The van der Waals surface area contributed by atoms with E-state index in [4.69, 9.17) is 17.3 Å². The Kier molecular flexibility index (Phi) is 5.49. The lowest BCUT2D eigenvalue weighted by molar-refractivity contribution is -0.103. The maximum atomic E-state index is 14.1. The SMILES string of the molecule is NC(=O)N1CC[C@H](O)C1(N1C=NC=CC1)n1nccc1N1CCC[C@@H]1c1cc(F)ccc1Cl. The molecule has 3 aliphatic heterocycles. The first kappa shape index (κ1) is 21.7. The van der Waals surface area contributed by atoms with Crippen LogP contribution in [-0.4, -0.2) is 62.8 Å². The fraction of sp³-hybridized carbons (Fsp3) is 0.409. The predicted octanol–water partition coefficient (Wildman–Crippen LogP) is 2.63. The van der Waals surface area contributed by atoms with Gasteiger partial charge in [-0.25, -0.2) is 18.9 Å². The predicted molar refractivity (Wildman–Crippen MR) is 122 cm³/mol. The standard InChI is InChI=1S/C22H25ClFN7O2/c23-17-5-4-15(24)13-16(17)18-3-1-11-29(18)20-6-9-27-31(20)22(28-10-2-8-26-14-28)19(32)7-12-30(22)21(25)33/h2,4-6,8-9,13-14,18-19,32H,1,3,7,10-12H2,(H2,25,33)/t18-,19+,22?/m1/s1. The minimum absolute atomic E-state index is 0.184. The maximum absolute atomic E-state index is 14.1. The summed E-state index contributed by atoms with van der Waals surface area (Å²) in [5.41, 5.74) is 6.47. The van der Waals surface area contributed by atoms with Crippen molar-refractivity contribution >= 4 is 29.8 Å². The van der Waals surface area contributed by atoms with E-state index in [2.05, 4.69) is 15.0 Å². The molecule has 3 aliphatic rings. The number of aliphatic hydroxyl groups is 1. The summed E-state index contributed by atoms with van der Waals surface area (Å²) in [6.45, 7) is 1.35. The van der Waals surface area contributed by atoms with Gasteiger partial charge in [0, 0.05) is 36.9 Å². The molecule has 1 unspecified atom stereocenters. The Labute approximate surface area is 195 Å². The second-order valence-corrected chi connectivity index (χ2v) is 8.81. The number of carbonyl (C=O) groups is 1. The van der Waals surface area contributed by atoms with E-state index < -0.39 is 17.9 Å². The van der Waals surface area contributed by atoms with Crippen LogP contribution >= 0.6 is 11.6 Å². The molecule has 0 aliphatic carbocycles. The Morgan fingerprint density at radius 2 is 2.12 bits per heavy atom. The van der Waals surface area contributed by atoms with Gasteiger partial charge in [0.2, 0.25) is 5.79 Å². The molecule has 0 saturated carbocycles. The zero-order valence-electron chi connectivity index (χ0n) is 17.9. The monoisotopic (exact) mass is 473 g/mol. The van der Waals surface area contributed by atoms with Crippen molar-refractivity contribution < 1.29 is 14.3 Å². The van der Waals surface area contributed by atoms with Crippen molar-refractivity contribution in [2.45, 2.75) is 37.2 Å². The first-order valence-corrected chi connectivity index (χ1v) is 11.3. The summed E-state index contributed by atoms with van der Waals surface area (Å²) in [5.74, 6) is -1.07. The molecule has 2 fully saturated rings. The third-order valence-corrected chi connectivity index (χ3v) is 7.00. The molecule has 1 aromatic carbocycles. The van der Waals surface area contributed by atoms with Crippen LogP contribution in [-0.2, 0) is 5.79 Å². The number of anilines is 1. The highest BCUT2D eigenvalue weighted by Gasteiger charge is 2.57. The zero-order chi connectivity index (χ0) is 23.2. The van der Waals surface area contributed by atoms with Gasteiger partial charge >= 0.3 is 6.03 Å². The molecular weight excluding hydrogens is 449 g/mol. The molecule has 9 nitrogen and oxygen atoms in total. The van der Waals surface area contributed by atoms with Crippen LogP contribution in [0.25, 0.3) is 0 Å². The van der Waals surface area contributed by atoms with Gasteiger partial charge in [-0.2, -0.15) is 5.10 Å². The molecule has 0 radical (unpaired) electrons. The van der Waals surface area contributed by atoms with Gasteiger partial charge in [-0.3, -0.25) is 4.90 Å². The number of amides is 2. The average molecular weight is 474 g/mol. The summed E-state index contributed by atoms with van der Waals surface area (Å²) in [6, 6.07) is 5.34. The number of aliphatic hydroxyl groups excluding tert-OH is 1. The number of carbonyl (C=O) groups excluding carboxylic acids is 1. The van der Waals surface area contributed by atoms with Crippen LogP contribution < -0.4 is 10.6 Å². The summed E-state index contributed by atoms with van der Waals surface area (Å²) in [6.07, 6.45) is 7.70. The van der Waals surface area contributed by atoms with Crippen LogP contribution in [0.5, 0.6) is 0 Å². The number of primary amides is 1. The number of urea groups is 1. The van der Waals surface area contributed by atoms with E-state index in [1.165, 1.54) is 17.0 Å². The third kappa shape index (κ3) is 3.36. The van der Waals surface area contributed by atoms with Gasteiger partial charge < -0.3 is 20.6 Å². The number of likely N-dealkylation sites (tertiary alicyclic amines) is 1. The molecule has 4 heterocycles. The molecule has 0 bridgehead atoms. The quantitative estimate of drug-likeness (QED) is 0.710. The lowest BCUT2D eigenvalue weighted by Crippen LogP contribution is -2.66. The average Bonchev–Trinajstić information content (AvgIpc) is 3.54. The topological polar surface area (TPSA) is 103 Å². The molecule has 33 heavy (non-hydrogen) atoms. The molecule has 174 valence electrons. The first-order valence-electron chi connectivity index (χ1n) is 10.9. The minimum Gasteiger partial charge on any atom is -0.386 e. The second-order valence-electron chi connectivity index (χ2n) is 8.40. The van der Waals surface area contributed by atoms with Crippen molar-refractivity contribution in [3.63, 3.8) is 0 Å². The minimum atomic E-state index is -1.39. The Morgan fingerprint density at radius 1 is 1.27 bits per heavy atom. The number of nitrogens with two attached hydrogens (primary N) is 1. The highest BCUT2D eigenvalue weighted by Crippen LogP contribution is 2.44. The van der Waals surface area contributed by atoms with E-state index in [0.29, 0.717) is 35.9 Å². The van der Waals surface area contributed by atoms with Gasteiger partial charge in [0.25, 0.3) is 0 Å². The first-order chi connectivity index (χ1) is 15.9. The largest absolute Gasteiger partial charge is 0.386 e. The van der Waals surface area contributed by atoms with Crippen LogP contribution in [0, 0.1) is 5.82 Å². The van der Waals surface area contributed by atoms with E-state index >= 15 is 0 Å². The summed E-state index contributed by atoms with van der Waals surface area (Å²) in [7, 11) is 0. The van der Waals surface area contributed by atoms with Gasteiger partial charge in [-0.1, -0.05) is 11.6 Å². The van der Waals surface area contributed by atoms with Crippen molar-refractivity contribution in [1.82, 2.24) is 19.6 Å². The van der Waals surface area contributed by atoms with Crippen molar-refractivity contribution in [2.24, 2.45) is 10.7 Å². The molecule has 2 saturated heterocycles. The van der Waals surface area contributed by atoms with Crippen molar-refractivity contribution in [2.75, 3.05) is 24.5 Å². The van der Waals surface area contributed by atoms with Crippen LogP contribution in [0.15, 0.2) is 47.7 Å². The molecule has 0 spiro atoms. The Bertz CT molecular complexity index is 1120. The molecule has 2 amide bonds. The summed E-state index contributed by atoms with van der Waals surface area (Å²) >= 11 is 6.45. The lowest BCUT2D eigenvalue weighted by Gasteiger charge is -2.48.